The second-order valence-electron chi connectivity index (χ2n) is 9.33. The second-order valence-corrected chi connectivity index (χ2v) is 9.77. The molecule has 0 aliphatic rings. The van der Waals surface area contributed by atoms with Gasteiger partial charge >= 0.3 is 0 Å². The number of hydrogen-bond acceptors (Lipinski definition) is 3. The van der Waals surface area contributed by atoms with E-state index in [-0.39, 0.29) is 18.3 Å². The highest BCUT2D eigenvalue weighted by Crippen LogP contribution is 2.15. The molecule has 0 bridgehead atoms. The Labute approximate surface area is 237 Å². The van der Waals surface area contributed by atoms with Crippen molar-refractivity contribution in [2.75, 3.05) is 23.7 Å². The highest BCUT2D eigenvalue weighted by atomic mass is 35.5. The number of anilines is 2. The average Bonchev–Trinajstić information content (AvgIpc) is 2.91. The van der Waals surface area contributed by atoms with E-state index in [0.29, 0.717) is 11.6 Å². The topological polar surface area (TPSA) is 53.2 Å². The maximum absolute atomic E-state index is 12.7. The van der Waals surface area contributed by atoms with Crippen LogP contribution in [0.5, 0.6) is 0 Å². The van der Waals surface area contributed by atoms with Gasteiger partial charge in [0.1, 0.15) is 0 Å². The van der Waals surface area contributed by atoms with Crippen molar-refractivity contribution in [1.82, 2.24) is 5.32 Å². The summed E-state index contributed by atoms with van der Waals surface area (Å²) in [4.78, 5) is 12.7. The molecule has 0 aliphatic heterocycles. The Morgan fingerprint density at radius 3 is 2.11 bits per heavy atom. The lowest BCUT2D eigenvalue weighted by Gasteiger charge is -2.14. The molecular weight excluding hydrogens is 513 g/mol. The predicted molar refractivity (Wildman–Crippen MR) is 163 cm³/mol. The number of carbonyl (C=O) groups excluding carboxylic acids is 1. The first-order chi connectivity index (χ1) is 18.0. The van der Waals surface area contributed by atoms with Gasteiger partial charge in [-0.1, -0.05) is 66.2 Å². The summed E-state index contributed by atoms with van der Waals surface area (Å²) in [5, 5.41) is 10.8. The van der Waals surface area contributed by atoms with Gasteiger partial charge in [-0.05, 0) is 98.0 Å². The first-order valence-corrected chi connectivity index (χ1v) is 13.2. The van der Waals surface area contributed by atoms with Crippen molar-refractivity contribution in [1.29, 1.82) is 0 Å². The third-order valence-electron chi connectivity index (χ3n) is 6.28. The molecule has 1 amide bonds. The van der Waals surface area contributed by atoms with Gasteiger partial charge in [-0.25, -0.2) is 0 Å². The number of amides is 1. The Morgan fingerprint density at radius 2 is 1.39 bits per heavy atom. The summed E-state index contributed by atoms with van der Waals surface area (Å²) < 4.78 is 0. The van der Waals surface area contributed by atoms with Gasteiger partial charge in [0, 0.05) is 34.5 Å². The normalized spacial score (nSPS) is 11.3. The molecule has 1 atom stereocenters. The van der Waals surface area contributed by atoms with Gasteiger partial charge in [0.15, 0.2) is 0 Å². The molecular formula is C32H35Cl2N3O. The van der Waals surface area contributed by atoms with E-state index in [4.69, 9.17) is 11.6 Å². The highest BCUT2D eigenvalue weighted by molar-refractivity contribution is 6.30. The Balaban J connectivity index is 0.00000400. The zero-order valence-electron chi connectivity index (χ0n) is 21.6. The number of hydrogen-bond donors (Lipinski definition) is 3. The molecule has 6 heteroatoms. The van der Waals surface area contributed by atoms with Crippen LogP contribution in [-0.4, -0.2) is 25.0 Å². The minimum Gasteiger partial charge on any atom is -0.385 e. The summed E-state index contributed by atoms with van der Waals surface area (Å²) in [6, 6.07) is 34.4. The SMILES string of the molecule is CC(Cc1ccc(NC(=O)c2ccc(NCCc3ccccc3)cc2)cc1)NCCc1cccc(Cl)c1.Cl. The van der Waals surface area contributed by atoms with Gasteiger partial charge in [0.2, 0.25) is 0 Å². The van der Waals surface area contributed by atoms with Crippen LogP contribution in [0.1, 0.15) is 34.0 Å². The number of nitrogens with one attached hydrogen (secondary N) is 3. The van der Waals surface area contributed by atoms with E-state index in [1.54, 1.807) is 0 Å². The molecule has 4 aromatic rings. The fourth-order valence-electron chi connectivity index (χ4n) is 4.24. The Hall–Kier alpha value is -3.31. The molecule has 1 unspecified atom stereocenters. The van der Waals surface area contributed by atoms with Gasteiger partial charge in [0.25, 0.3) is 5.91 Å². The summed E-state index contributed by atoms with van der Waals surface area (Å²) in [6.45, 7) is 3.93. The van der Waals surface area contributed by atoms with Gasteiger partial charge in [-0.15, -0.1) is 12.4 Å². The van der Waals surface area contributed by atoms with E-state index in [1.165, 1.54) is 16.7 Å². The summed E-state index contributed by atoms with van der Waals surface area (Å²) in [7, 11) is 0. The lowest BCUT2D eigenvalue weighted by atomic mass is 10.1. The van der Waals surface area contributed by atoms with Crippen LogP contribution in [0.3, 0.4) is 0 Å². The first kappa shape index (κ1) is 29.2. The maximum Gasteiger partial charge on any atom is 0.255 e. The van der Waals surface area contributed by atoms with Crippen molar-refractivity contribution in [3.8, 4) is 0 Å². The minimum absolute atomic E-state index is 0. The summed E-state index contributed by atoms with van der Waals surface area (Å²) >= 11 is 6.06. The third-order valence-corrected chi connectivity index (χ3v) is 6.52. The molecule has 0 saturated heterocycles. The molecule has 4 aromatic carbocycles. The number of carbonyl (C=O) groups is 1. The van der Waals surface area contributed by atoms with E-state index in [0.717, 1.165) is 48.7 Å². The van der Waals surface area contributed by atoms with Crippen LogP contribution in [0.2, 0.25) is 5.02 Å². The summed E-state index contributed by atoms with van der Waals surface area (Å²) in [5.41, 5.74) is 6.20. The number of halogens is 2. The zero-order chi connectivity index (χ0) is 25.9. The van der Waals surface area contributed by atoms with Crippen molar-refractivity contribution in [2.24, 2.45) is 0 Å². The summed E-state index contributed by atoms with van der Waals surface area (Å²) in [6.07, 6.45) is 2.82. The third kappa shape index (κ3) is 9.53. The van der Waals surface area contributed by atoms with Gasteiger partial charge < -0.3 is 16.0 Å². The molecule has 4 nitrogen and oxygen atoms in total. The van der Waals surface area contributed by atoms with E-state index in [9.17, 15) is 4.79 Å². The van der Waals surface area contributed by atoms with Crippen molar-refractivity contribution in [3.63, 3.8) is 0 Å². The molecule has 0 radical (unpaired) electrons. The van der Waals surface area contributed by atoms with Crippen LogP contribution in [-0.2, 0) is 19.3 Å². The molecule has 38 heavy (non-hydrogen) atoms. The number of rotatable bonds is 12. The van der Waals surface area contributed by atoms with E-state index >= 15 is 0 Å². The van der Waals surface area contributed by atoms with Crippen molar-refractivity contribution in [2.45, 2.75) is 32.2 Å². The predicted octanol–water partition coefficient (Wildman–Crippen LogP) is 7.43. The van der Waals surface area contributed by atoms with Crippen LogP contribution in [0.25, 0.3) is 0 Å². The highest BCUT2D eigenvalue weighted by Gasteiger charge is 2.08. The van der Waals surface area contributed by atoms with Crippen LogP contribution >= 0.6 is 24.0 Å². The van der Waals surface area contributed by atoms with E-state index < -0.39 is 0 Å². The fraction of sp³-hybridized carbons (Fsp3) is 0.219. The smallest absolute Gasteiger partial charge is 0.255 e. The van der Waals surface area contributed by atoms with Gasteiger partial charge in [0.05, 0.1) is 0 Å². The molecule has 0 aliphatic carbocycles. The van der Waals surface area contributed by atoms with Gasteiger partial charge in [-0.3, -0.25) is 4.79 Å². The Bertz CT molecular complexity index is 1260. The maximum atomic E-state index is 12.7. The number of benzene rings is 4. The molecule has 0 saturated carbocycles. The molecule has 0 heterocycles. The zero-order valence-corrected chi connectivity index (χ0v) is 23.2. The molecule has 0 spiro atoms. The Morgan fingerprint density at radius 1 is 0.737 bits per heavy atom. The second kappa shape index (κ2) is 15.2. The van der Waals surface area contributed by atoms with Crippen LogP contribution in [0.15, 0.2) is 103 Å². The van der Waals surface area contributed by atoms with Crippen LogP contribution < -0.4 is 16.0 Å². The molecule has 0 fully saturated rings. The van der Waals surface area contributed by atoms with E-state index in [2.05, 4.69) is 65.3 Å². The molecule has 3 N–H and O–H groups in total. The average molecular weight is 549 g/mol. The molecule has 0 aromatic heterocycles. The van der Waals surface area contributed by atoms with Crippen molar-refractivity contribution >= 4 is 41.3 Å². The van der Waals surface area contributed by atoms with E-state index in [1.807, 2.05) is 60.7 Å². The van der Waals surface area contributed by atoms with Crippen molar-refractivity contribution < 1.29 is 4.79 Å². The molecule has 4 rings (SSSR count). The first-order valence-electron chi connectivity index (χ1n) is 12.8. The lowest BCUT2D eigenvalue weighted by molar-refractivity contribution is 0.102. The summed E-state index contributed by atoms with van der Waals surface area (Å²) in [5.74, 6) is -0.111. The largest absolute Gasteiger partial charge is 0.385 e. The minimum atomic E-state index is -0.111. The lowest BCUT2D eigenvalue weighted by Crippen LogP contribution is -2.30. The molecule has 198 valence electrons. The van der Waals surface area contributed by atoms with Gasteiger partial charge in [-0.2, -0.15) is 0 Å². The quantitative estimate of drug-likeness (QED) is 0.173. The monoisotopic (exact) mass is 547 g/mol. The van der Waals surface area contributed by atoms with Crippen molar-refractivity contribution in [3.05, 3.63) is 130 Å². The van der Waals surface area contributed by atoms with Crippen LogP contribution in [0.4, 0.5) is 11.4 Å². The Kier molecular flexibility index (Phi) is 11.7. The van der Waals surface area contributed by atoms with Crippen LogP contribution in [0, 0.1) is 0 Å². The standard InChI is InChI=1S/C32H34ClN3O.ClH/c1-24(34-20-19-26-8-5-9-29(33)23-26)22-27-10-14-31(15-11-27)36-32(37)28-12-16-30(17-13-28)35-21-18-25-6-3-2-4-7-25;/h2-17,23-24,34-35H,18-22H2,1H3,(H,36,37);1H. The fourth-order valence-corrected chi connectivity index (χ4v) is 4.46.